The number of ether oxygens (including phenoxy) is 2. The second-order valence-corrected chi connectivity index (χ2v) is 16.5. The van der Waals surface area contributed by atoms with Crippen molar-refractivity contribution in [1.29, 1.82) is 0 Å². The highest BCUT2D eigenvalue weighted by molar-refractivity contribution is 5.96. The molecule has 4 aliphatic rings. The van der Waals surface area contributed by atoms with Crippen LogP contribution >= 0.6 is 0 Å². The summed E-state index contributed by atoms with van der Waals surface area (Å²) in [6.07, 6.45) is 3.30. The first-order valence-electron chi connectivity index (χ1n) is 19.3. The quantitative estimate of drug-likeness (QED) is 0.249. The summed E-state index contributed by atoms with van der Waals surface area (Å²) in [5, 5.41) is 13.6. The number of pyridine rings is 1. The molecule has 2 aromatic heterocycles. The zero-order valence-corrected chi connectivity index (χ0v) is 32.3. The molecule has 3 fully saturated rings. The minimum absolute atomic E-state index is 0.00113. The van der Waals surface area contributed by atoms with Crippen molar-refractivity contribution in [3.63, 3.8) is 0 Å². The molecular weight excluding hydrogens is 683 g/mol. The Hall–Kier alpha value is -4.49. The van der Waals surface area contributed by atoms with E-state index in [0.717, 1.165) is 88.4 Å². The van der Waals surface area contributed by atoms with Crippen molar-refractivity contribution in [3.05, 3.63) is 65.5 Å². The monoisotopic (exact) mass is 735 g/mol. The summed E-state index contributed by atoms with van der Waals surface area (Å²) >= 11 is 0. The van der Waals surface area contributed by atoms with Crippen LogP contribution in [0.15, 0.2) is 48.7 Å². The van der Waals surface area contributed by atoms with Gasteiger partial charge in [-0.05, 0) is 92.7 Å². The highest BCUT2D eigenvalue weighted by Crippen LogP contribution is 2.45. The number of rotatable bonds is 5. The Labute approximate surface area is 317 Å². The van der Waals surface area contributed by atoms with Gasteiger partial charge in [0, 0.05) is 67.6 Å². The average Bonchev–Trinajstić information content (AvgIpc) is 3.76. The fourth-order valence-corrected chi connectivity index (χ4v) is 8.76. The Morgan fingerprint density at radius 1 is 1.09 bits per heavy atom. The lowest BCUT2D eigenvalue weighted by Gasteiger charge is -2.34. The second-order valence-electron chi connectivity index (χ2n) is 16.5. The zero-order chi connectivity index (χ0) is 38.1. The largest absolute Gasteiger partial charge is 0.508 e. The maximum Gasteiger partial charge on any atom is 0.325 e. The first-order valence-corrected chi connectivity index (χ1v) is 19.3. The molecule has 4 N–H and O–H groups in total. The summed E-state index contributed by atoms with van der Waals surface area (Å²) in [5.41, 5.74) is 18.0. The molecule has 1 aliphatic carbocycles. The number of fused-ring (bicyclic) bond motifs is 9. The van der Waals surface area contributed by atoms with E-state index in [-0.39, 0.29) is 48.7 Å². The molecule has 54 heavy (non-hydrogen) atoms. The number of cyclic esters (lactones) is 1. The molecule has 6 bridgehead atoms. The van der Waals surface area contributed by atoms with Gasteiger partial charge in [-0.2, -0.15) is 0 Å². The third kappa shape index (κ3) is 6.63. The van der Waals surface area contributed by atoms with Gasteiger partial charge in [0.25, 0.3) is 5.91 Å². The number of hydrogen-bond donors (Lipinski definition) is 3. The predicted molar refractivity (Wildman–Crippen MR) is 209 cm³/mol. The van der Waals surface area contributed by atoms with Gasteiger partial charge in [0.2, 0.25) is 0 Å². The number of aromatic nitrogens is 2. The first kappa shape index (κ1) is 36.5. The molecule has 0 radical (unpaired) electrons. The van der Waals surface area contributed by atoms with Gasteiger partial charge in [0.05, 0.1) is 48.1 Å². The Balaban J connectivity index is 1.32. The van der Waals surface area contributed by atoms with Crippen LogP contribution in [0.5, 0.6) is 5.75 Å². The maximum absolute atomic E-state index is 13.7. The lowest BCUT2D eigenvalue weighted by Crippen LogP contribution is -2.53. The van der Waals surface area contributed by atoms with Gasteiger partial charge in [-0.15, -0.1) is 0 Å². The summed E-state index contributed by atoms with van der Waals surface area (Å²) < 4.78 is 14.4. The van der Waals surface area contributed by atoms with Gasteiger partial charge in [-0.1, -0.05) is 26.0 Å². The zero-order valence-electron chi connectivity index (χ0n) is 32.3. The number of amides is 1. The Bertz CT molecular complexity index is 2100. The maximum atomic E-state index is 13.7. The van der Waals surface area contributed by atoms with E-state index in [1.807, 2.05) is 19.2 Å². The number of hydrogen-bond acceptors (Lipinski definition) is 10. The molecule has 0 spiro atoms. The number of aromatic hydroxyl groups is 1. The lowest BCUT2D eigenvalue weighted by molar-refractivity contribution is -0.151. The number of likely N-dealkylation sites (N-methyl/N-ethyl adjacent to an activating group) is 1. The summed E-state index contributed by atoms with van der Waals surface area (Å²) in [6, 6.07) is 12.7. The van der Waals surface area contributed by atoms with Crippen LogP contribution < -0.4 is 16.1 Å². The first-order chi connectivity index (χ1) is 25.8. The fraction of sp³-hybridized carbons (Fsp3) is 0.500. The van der Waals surface area contributed by atoms with E-state index in [4.69, 9.17) is 20.2 Å². The normalized spacial score (nSPS) is 25.0. The van der Waals surface area contributed by atoms with E-state index in [1.54, 1.807) is 24.3 Å². The molecule has 8 rings (SSSR count). The Morgan fingerprint density at radius 3 is 2.61 bits per heavy atom. The molecule has 2 aromatic carbocycles. The third-order valence-electron chi connectivity index (χ3n) is 11.9. The molecule has 4 aromatic rings. The Morgan fingerprint density at radius 2 is 1.87 bits per heavy atom. The molecular formula is C42H53N7O5. The van der Waals surface area contributed by atoms with Crippen LogP contribution in [0.4, 0.5) is 5.69 Å². The minimum Gasteiger partial charge on any atom is -0.508 e. The lowest BCUT2D eigenvalue weighted by atomic mass is 9.84. The number of carbonyl (C=O) groups excluding carboxylic acids is 2. The number of nitrogens with two attached hydrogens (primary N) is 1. The van der Waals surface area contributed by atoms with Crippen molar-refractivity contribution < 1.29 is 24.2 Å². The van der Waals surface area contributed by atoms with Crippen LogP contribution in [0.1, 0.15) is 57.0 Å². The van der Waals surface area contributed by atoms with Crippen molar-refractivity contribution in [3.8, 4) is 28.1 Å². The predicted octanol–water partition coefficient (Wildman–Crippen LogP) is 4.65. The van der Waals surface area contributed by atoms with E-state index >= 15 is 0 Å². The van der Waals surface area contributed by atoms with Crippen molar-refractivity contribution in [2.45, 2.75) is 77.7 Å². The molecule has 5 atom stereocenters. The SMILES string of the molecule is CCn1c(-c2cc(N3CCN(C)CC3)cnc2[C@H](C)OC)c2c3cc(ccc31)-c1cc(O)cc(c1)C[C@H](N)C(=O)N1NC(C(=O)OCC(C)(C)C2)C2CC21. The van der Waals surface area contributed by atoms with E-state index in [1.165, 1.54) is 0 Å². The van der Waals surface area contributed by atoms with Gasteiger partial charge in [-0.3, -0.25) is 19.6 Å². The van der Waals surface area contributed by atoms with Gasteiger partial charge in [0.15, 0.2) is 0 Å². The van der Waals surface area contributed by atoms with Gasteiger partial charge < -0.3 is 34.7 Å². The van der Waals surface area contributed by atoms with Crippen LogP contribution in [0, 0.1) is 11.3 Å². The number of carbonyl (C=O) groups is 2. The Kier molecular flexibility index (Phi) is 9.44. The number of phenolic OH excluding ortho intramolecular Hbond substituents is 1. The van der Waals surface area contributed by atoms with Gasteiger partial charge in [-0.25, -0.2) is 5.43 Å². The van der Waals surface area contributed by atoms with Crippen molar-refractivity contribution in [2.24, 2.45) is 17.1 Å². The van der Waals surface area contributed by atoms with Crippen molar-refractivity contribution in [2.75, 3.05) is 51.8 Å². The van der Waals surface area contributed by atoms with E-state index < -0.39 is 17.5 Å². The highest BCUT2D eigenvalue weighted by atomic mass is 16.5. The molecule has 1 amide bonds. The highest BCUT2D eigenvalue weighted by Gasteiger charge is 2.59. The molecule has 2 saturated heterocycles. The number of nitrogens with one attached hydrogen (secondary N) is 1. The number of piperazine rings is 1. The van der Waals surface area contributed by atoms with Crippen LogP contribution in [-0.2, 0) is 38.4 Å². The summed E-state index contributed by atoms with van der Waals surface area (Å²) in [7, 11) is 3.88. The third-order valence-corrected chi connectivity index (χ3v) is 11.9. The molecule has 12 heteroatoms. The minimum atomic E-state index is -0.852. The molecule has 3 unspecified atom stereocenters. The van der Waals surface area contributed by atoms with Crippen molar-refractivity contribution in [1.82, 2.24) is 24.9 Å². The summed E-state index contributed by atoms with van der Waals surface area (Å²) in [6.45, 7) is 13.2. The standard InChI is InChI=1S/C42H53N7O5/c1-7-48-35-9-8-26-18-30(35)33(39(48)32-19-28(22-44-37(32)24(2)53-6)47-12-10-46(5)11-13-47)21-42(3,4)23-54-41(52)38-31-20-36(31)49(45-38)40(51)34(43)16-25-14-27(26)17-29(50)15-25/h8-9,14-15,17-19,22,24,31,34,36,38,45,50H,7,10-13,16,20-21,23,43H2,1-6H3/t24-,31?,34-,36?,38?/m0/s1. The number of nitrogens with zero attached hydrogens (tertiary/aromatic N) is 5. The number of aryl methyl sites for hydroxylation is 1. The molecule has 1 saturated carbocycles. The smallest absolute Gasteiger partial charge is 0.325 e. The summed E-state index contributed by atoms with van der Waals surface area (Å²) in [5.74, 6) is -0.507. The van der Waals surface area contributed by atoms with Gasteiger partial charge in [0.1, 0.15) is 11.8 Å². The fourth-order valence-electron chi connectivity index (χ4n) is 8.76. The second kappa shape index (κ2) is 14.0. The van der Waals surface area contributed by atoms with Crippen LogP contribution in [0.2, 0.25) is 0 Å². The van der Waals surface area contributed by atoms with Crippen molar-refractivity contribution >= 4 is 28.5 Å². The van der Waals surface area contributed by atoms with E-state index in [2.05, 4.69) is 71.9 Å². The number of methoxy groups -OCH3 is 1. The van der Waals surface area contributed by atoms with E-state index in [0.29, 0.717) is 13.0 Å². The number of hydrazine groups is 1. The molecule has 286 valence electrons. The topological polar surface area (TPSA) is 138 Å². The average molecular weight is 736 g/mol. The molecule has 12 nitrogen and oxygen atoms in total. The number of benzene rings is 2. The van der Waals surface area contributed by atoms with Gasteiger partial charge >= 0.3 is 5.97 Å². The molecule has 5 heterocycles. The summed E-state index contributed by atoms with van der Waals surface area (Å²) in [4.78, 5) is 37.1. The molecule has 3 aliphatic heterocycles. The van der Waals surface area contributed by atoms with Crippen LogP contribution in [0.25, 0.3) is 33.3 Å². The van der Waals surface area contributed by atoms with Crippen LogP contribution in [0.3, 0.4) is 0 Å². The number of esters is 1. The van der Waals surface area contributed by atoms with E-state index in [9.17, 15) is 14.7 Å². The number of anilines is 1. The van der Waals surface area contributed by atoms with Crippen LogP contribution in [-0.4, -0.2) is 102 Å². The number of phenols is 1.